The fraction of sp³-hybridized carbons (Fsp3) is 0.0769. The van der Waals surface area contributed by atoms with Gasteiger partial charge in [0, 0.05) is 12.2 Å². The maximum atomic E-state index is 11.6. The van der Waals surface area contributed by atoms with E-state index in [-0.39, 0.29) is 15.6 Å². The van der Waals surface area contributed by atoms with Crippen molar-refractivity contribution in [2.24, 2.45) is 0 Å². The largest absolute Gasteiger partial charge is 0.479 e. The summed E-state index contributed by atoms with van der Waals surface area (Å²) in [5.74, 6) is -1.10. The Morgan fingerprint density at radius 1 is 0.914 bits per heavy atom. The van der Waals surface area contributed by atoms with Crippen LogP contribution in [0.3, 0.4) is 0 Å². The third kappa shape index (κ3) is 6.11. The molecular formula is C26H20ClNO6S. The van der Waals surface area contributed by atoms with Crippen molar-refractivity contribution in [3.05, 3.63) is 94.3 Å². The van der Waals surface area contributed by atoms with Gasteiger partial charge in [0.1, 0.15) is 16.5 Å². The zero-order chi connectivity index (χ0) is 24.8. The highest BCUT2D eigenvalue weighted by atomic mass is 35.5. The van der Waals surface area contributed by atoms with Gasteiger partial charge in [-0.1, -0.05) is 54.1 Å². The van der Waals surface area contributed by atoms with Crippen LogP contribution in [0.5, 0.6) is 17.2 Å². The van der Waals surface area contributed by atoms with Crippen molar-refractivity contribution < 1.29 is 29.3 Å². The second-order valence-corrected chi connectivity index (χ2v) is 8.78. The van der Waals surface area contributed by atoms with E-state index < -0.39 is 18.5 Å². The first-order chi connectivity index (χ1) is 16.9. The van der Waals surface area contributed by atoms with Gasteiger partial charge < -0.3 is 25.0 Å². The van der Waals surface area contributed by atoms with Crippen LogP contribution in [0, 0.1) is 0 Å². The van der Waals surface area contributed by atoms with Crippen molar-refractivity contribution in [3.8, 4) is 27.7 Å². The number of anilines is 1. The topological polar surface area (TPSA) is 105 Å². The Bertz CT molecular complexity index is 1340. The number of hydrogen-bond acceptors (Lipinski definition) is 6. The number of nitrogens with one attached hydrogen (secondary N) is 1. The van der Waals surface area contributed by atoms with Gasteiger partial charge in [-0.25, -0.2) is 9.59 Å². The van der Waals surface area contributed by atoms with E-state index in [1.54, 1.807) is 6.07 Å². The monoisotopic (exact) mass is 509 g/mol. The summed E-state index contributed by atoms with van der Waals surface area (Å²) in [5, 5.41) is 21.8. The molecule has 0 saturated carbocycles. The second kappa shape index (κ2) is 10.9. The number of carboxylic acid groups (broad SMARTS) is 2. The quantitative estimate of drug-likeness (QED) is 0.220. The molecule has 0 atom stereocenters. The number of benzene rings is 3. The summed E-state index contributed by atoms with van der Waals surface area (Å²) in [7, 11) is 0. The van der Waals surface area contributed by atoms with E-state index in [9.17, 15) is 14.7 Å². The van der Waals surface area contributed by atoms with E-state index in [0.29, 0.717) is 17.0 Å². The number of carboxylic acids is 2. The summed E-state index contributed by atoms with van der Waals surface area (Å²) in [5.41, 5.74) is 2.54. The molecule has 0 spiro atoms. The maximum absolute atomic E-state index is 11.6. The first kappa shape index (κ1) is 24.1. The van der Waals surface area contributed by atoms with Crippen LogP contribution < -0.4 is 14.8 Å². The van der Waals surface area contributed by atoms with E-state index in [2.05, 4.69) is 5.32 Å². The molecule has 9 heteroatoms. The van der Waals surface area contributed by atoms with Crippen LogP contribution in [0.25, 0.3) is 10.4 Å². The maximum Gasteiger partial charge on any atom is 0.349 e. The lowest BCUT2D eigenvalue weighted by Crippen LogP contribution is -2.10. The second-order valence-electron chi connectivity index (χ2n) is 7.38. The minimum absolute atomic E-state index is 0.0693. The molecule has 35 heavy (non-hydrogen) atoms. The Balaban J connectivity index is 1.46. The number of aromatic carboxylic acids is 1. The predicted octanol–water partition coefficient (Wildman–Crippen LogP) is 6.63. The van der Waals surface area contributed by atoms with Crippen molar-refractivity contribution in [3.63, 3.8) is 0 Å². The molecule has 0 aliphatic rings. The van der Waals surface area contributed by atoms with Gasteiger partial charge in [0.05, 0.1) is 4.88 Å². The number of thiophene rings is 1. The molecule has 0 aliphatic heterocycles. The fourth-order valence-electron chi connectivity index (χ4n) is 3.26. The first-order valence-electron chi connectivity index (χ1n) is 10.5. The van der Waals surface area contributed by atoms with Gasteiger partial charge in [-0.3, -0.25) is 0 Å². The van der Waals surface area contributed by atoms with E-state index >= 15 is 0 Å². The van der Waals surface area contributed by atoms with Gasteiger partial charge in [0.2, 0.25) is 0 Å². The van der Waals surface area contributed by atoms with Crippen LogP contribution in [-0.2, 0) is 11.3 Å². The normalized spacial score (nSPS) is 10.5. The van der Waals surface area contributed by atoms with Gasteiger partial charge in [-0.15, -0.1) is 11.3 Å². The smallest absolute Gasteiger partial charge is 0.349 e. The van der Waals surface area contributed by atoms with Crippen molar-refractivity contribution in [1.82, 2.24) is 0 Å². The molecule has 0 fully saturated rings. The summed E-state index contributed by atoms with van der Waals surface area (Å²) in [6.45, 7) is -0.131. The third-order valence-corrected chi connectivity index (χ3v) is 6.55. The summed E-state index contributed by atoms with van der Waals surface area (Å²) in [6, 6.07) is 24.6. The number of halogens is 1. The molecule has 178 valence electrons. The van der Waals surface area contributed by atoms with Gasteiger partial charge in [0.25, 0.3) is 0 Å². The predicted molar refractivity (Wildman–Crippen MR) is 135 cm³/mol. The Hall–Kier alpha value is -4.01. The Labute approximate surface area is 210 Å². The van der Waals surface area contributed by atoms with Crippen LogP contribution >= 0.6 is 22.9 Å². The number of para-hydroxylation sites is 1. The number of hydrogen-bond donors (Lipinski definition) is 3. The number of carbonyl (C=O) groups is 2. The van der Waals surface area contributed by atoms with Crippen LogP contribution in [0.15, 0.2) is 78.9 Å². The number of aliphatic carboxylic acids is 1. The Morgan fingerprint density at radius 3 is 2.31 bits per heavy atom. The Kier molecular flexibility index (Phi) is 7.54. The first-order valence-corrected chi connectivity index (χ1v) is 11.7. The molecule has 0 amide bonds. The average Bonchev–Trinajstić information content (AvgIpc) is 3.19. The van der Waals surface area contributed by atoms with Gasteiger partial charge in [-0.05, 0) is 47.5 Å². The van der Waals surface area contributed by atoms with Crippen LogP contribution in [0.1, 0.15) is 15.2 Å². The molecule has 0 unspecified atom stereocenters. The molecule has 3 N–H and O–H groups in total. The minimum Gasteiger partial charge on any atom is -0.479 e. The van der Waals surface area contributed by atoms with Gasteiger partial charge >= 0.3 is 11.9 Å². The number of ether oxygens (including phenoxy) is 2. The highest BCUT2D eigenvalue weighted by molar-refractivity contribution is 7.18. The highest BCUT2D eigenvalue weighted by Crippen LogP contribution is 2.45. The minimum atomic E-state index is -1.24. The molecule has 4 rings (SSSR count). The van der Waals surface area contributed by atoms with Crippen LogP contribution in [0.4, 0.5) is 5.69 Å². The zero-order valence-electron chi connectivity index (χ0n) is 18.2. The lowest BCUT2D eigenvalue weighted by molar-refractivity contribution is -0.139. The van der Waals surface area contributed by atoms with Gasteiger partial charge in [-0.2, -0.15) is 0 Å². The molecule has 3 aromatic carbocycles. The number of rotatable bonds is 10. The average molecular weight is 510 g/mol. The molecule has 0 saturated heterocycles. The fourth-order valence-corrected chi connectivity index (χ4v) is 4.66. The highest BCUT2D eigenvalue weighted by Gasteiger charge is 2.24. The van der Waals surface area contributed by atoms with Crippen LogP contribution in [-0.4, -0.2) is 28.8 Å². The zero-order valence-corrected chi connectivity index (χ0v) is 19.8. The molecular weight excluding hydrogens is 490 g/mol. The van der Waals surface area contributed by atoms with E-state index in [1.807, 2.05) is 72.8 Å². The van der Waals surface area contributed by atoms with Crippen molar-refractivity contribution in [2.45, 2.75) is 6.54 Å². The lowest BCUT2D eigenvalue weighted by atomic mass is 10.1. The summed E-state index contributed by atoms with van der Waals surface area (Å²) < 4.78 is 11.0. The molecule has 1 aromatic heterocycles. The summed E-state index contributed by atoms with van der Waals surface area (Å²) >= 11 is 7.32. The lowest BCUT2D eigenvalue weighted by Gasteiger charge is -2.10. The molecule has 7 nitrogen and oxygen atoms in total. The molecule has 0 radical (unpaired) electrons. The van der Waals surface area contributed by atoms with Crippen molar-refractivity contribution >= 4 is 40.6 Å². The van der Waals surface area contributed by atoms with Crippen LogP contribution in [0.2, 0.25) is 5.02 Å². The van der Waals surface area contributed by atoms with E-state index in [0.717, 1.165) is 34.1 Å². The summed E-state index contributed by atoms with van der Waals surface area (Å²) in [4.78, 5) is 22.8. The van der Waals surface area contributed by atoms with Crippen molar-refractivity contribution in [2.75, 3.05) is 11.9 Å². The summed E-state index contributed by atoms with van der Waals surface area (Å²) in [6.07, 6.45) is 0. The molecule has 1 heterocycles. The van der Waals surface area contributed by atoms with Gasteiger partial charge in [0.15, 0.2) is 17.2 Å². The SMILES string of the molecule is O=C(O)COc1c(C(=O)O)sc(-c2cccc(NCc3ccc(Oc4ccccc4)cc3)c2)c1Cl. The molecule has 4 aromatic rings. The third-order valence-electron chi connectivity index (χ3n) is 4.87. The van der Waals surface area contributed by atoms with E-state index in [1.165, 1.54) is 0 Å². The molecule has 0 bridgehead atoms. The van der Waals surface area contributed by atoms with Crippen molar-refractivity contribution in [1.29, 1.82) is 0 Å². The van der Waals surface area contributed by atoms with E-state index in [4.69, 9.17) is 26.2 Å². The Morgan fingerprint density at radius 2 is 1.63 bits per heavy atom. The standard InChI is InChI=1S/C26H20ClNO6S/c27-22-23(33-15-21(29)30)25(26(31)32)35-24(22)17-5-4-6-18(13-17)28-14-16-9-11-20(12-10-16)34-19-7-2-1-3-8-19/h1-13,28H,14-15H2,(H,29,30)(H,31,32). The molecule has 0 aliphatic carbocycles.